The minimum Gasteiger partial charge on any atom is -0.497 e. The van der Waals surface area contributed by atoms with E-state index in [0.717, 1.165) is 23.3 Å². The molecule has 2 aromatic carbocycles. The van der Waals surface area contributed by atoms with Gasteiger partial charge in [0.15, 0.2) is 5.65 Å². The van der Waals surface area contributed by atoms with E-state index in [9.17, 15) is 8.42 Å². The summed E-state index contributed by atoms with van der Waals surface area (Å²) in [6.07, 6.45) is 3.96. The molecule has 0 aliphatic carbocycles. The highest BCUT2D eigenvalue weighted by Crippen LogP contribution is 2.27. The molecule has 0 aliphatic heterocycles. The molecule has 9 heteroatoms. The second-order valence-corrected chi connectivity index (χ2v) is 9.57. The number of ether oxygens (including phenoxy) is 1. The van der Waals surface area contributed by atoms with Crippen molar-refractivity contribution in [2.24, 2.45) is 0 Å². The van der Waals surface area contributed by atoms with Crippen molar-refractivity contribution in [3.05, 3.63) is 84.6 Å². The molecule has 0 fully saturated rings. The van der Waals surface area contributed by atoms with Gasteiger partial charge in [0.25, 0.3) is 10.0 Å². The van der Waals surface area contributed by atoms with Gasteiger partial charge < -0.3 is 15.4 Å². The smallest absolute Gasteiger partial charge is 0.269 e. The van der Waals surface area contributed by atoms with Gasteiger partial charge in [0.2, 0.25) is 5.95 Å². The zero-order chi connectivity index (χ0) is 24.1. The third-order valence-electron chi connectivity index (χ3n) is 5.36. The van der Waals surface area contributed by atoms with E-state index in [1.165, 1.54) is 10.2 Å². The van der Waals surface area contributed by atoms with Crippen LogP contribution >= 0.6 is 0 Å². The maximum absolute atomic E-state index is 13.3. The molecule has 0 aliphatic rings. The molecule has 34 heavy (non-hydrogen) atoms. The first-order valence-electron chi connectivity index (χ1n) is 10.9. The van der Waals surface area contributed by atoms with E-state index in [1.54, 1.807) is 43.5 Å². The van der Waals surface area contributed by atoms with Gasteiger partial charge >= 0.3 is 0 Å². The highest BCUT2D eigenvalue weighted by molar-refractivity contribution is 7.90. The van der Waals surface area contributed by atoms with Gasteiger partial charge in [0.1, 0.15) is 11.6 Å². The highest BCUT2D eigenvalue weighted by Gasteiger charge is 2.22. The zero-order valence-corrected chi connectivity index (χ0v) is 20.0. The molecule has 0 saturated carbocycles. The van der Waals surface area contributed by atoms with Crippen LogP contribution in [0, 0.1) is 6.92 Å². The SMILES string of the molecule is C=CCNc1nc(NCCc2ccc(OC)cc2)c2ccn(S(=O)(=O)c3ccc(C)cc3)c2n1. The van der Waals surface area contributed by atoms with Crippen LogP contribution < -0.4 is 15.4 Å². The van der Waals surface area contributed by atoms with E-state index in [4.69, 9.17) is 4.74 Å². The minimum absolute atomic E-state index is 0.198. The third kappa shape index (κ3) is 4.89. The maximum Gasteiger partial charge on any atom is 0.269 e. The number of hydrogen-bond acceptors (Lipinski definition) is 7. The molecule has 2 aromatic heterocycles. The first-order chi connectivity index (χ1) is 16.4. The molecule has 0 spiro atoms. The Morgan fingerprint density at radius 3 is 2.44 bits per heavy atom. The molecule has 0 saturated heterocycles. The average Bonchev–Trinajstić information content (AvgIpc) is 3.28. The number of hydrogen-bond donors (Lipinski definition) is 2. The number of fused-ring (bicyclic) bond motifs is 1. The van der Waals surface area contributed by atoms with Gasteiger partial charge in [0, 0.05) is 19.3 Å². The van der Waals surface area contributed by atoms with Crippen LogP contribution in [0.2, 0.25) is 0 Å². The van der Waals surface area contributed by atoms with E-state index < -0.39 is 10.0 Å². The molecule has 0 amide bonds. The van der Waals surface area contributed by atoms with Crippen molar-refractivity contribution in [3.63, 3.8) is 0 Å². The van der Waals surface area contributed by atoms with Crippen LogP contribution in [-0.4, -0.2) is 42.6 Å². The van der Waals surface area contributed by atoms with Crippen LogP contribution in [0.15, 0.2) is 78.3 Å². The van der Waals surface area contributed by atoms with E-state index in [0.29, 0.717) is 35.9 Å². The van der Waals surface area contributed by atoms with Crippen LogP contribution in [0.3, 0.4) is 0 Å². The normalized spacial score (nSPS) is 11.4. The lowest BCUT2D eigenvalue weighted by molar-refractivity contribution is 0.414. The fraction of sp³-hybridized carbons (Fsp3) is 0.200. The fourth-order valence-electron chi connectivity index (χ4n) is 3.50. The molecular weight excluding hydrogens is 450 g/mol. The molecule has 4 aromatic rings. The predicted octanol–water partition coefficient (Wildman–Crippen LogP) is 4.24. The van der Waals surface area contributed by atoms with Crippen molar-refractivity contribution >= 4 is 32.8 Å². The monoisotopic (exact) mass is 477 g/mol. The summed E-state index contributed by atoms with van der Waals surface area (Å²) in [5.74, 6) is 1.68. The van der Waals surface area contributed by atoms with Crippen LogP contribution in [0.4, 0.5) is 11.8 Å². The Morgan fingerprint density at radius 1 is 1.03 bits per heavy atom. The first kappa shape index (κ1) is 23.3. The number of nitrogens with one attached hydrogen (secondary N) is 2. The standard InChI is InChI=1S/C25H27N5O3S/c1-4-15-27-25-28-23(26-16-13-19-7-9-20(33-3)10-8-19)22-14-17-30(24(22)29-25)34(31,32)21-11-5-18(2)6-12-21/h4-12,14,17H,1,13,15-16H2,2-3H3,(H2,26,27,28,29). The largest absolute Gasteiger partial charge is 0.497 e. The Morgan fingerprint density at radius 2 is 1.76 bits per heavy atom. The molecule has 2 N–H and O–H groups in total. The van der Waals surface area contributed by atoms with E-state index in [2.05, 4.69) is 27.2 Å². The van der Waals surface area contributed by atoms with E-state index in [-0.39, 0.29) is 4.90 Å². The summed E-state index contributed by atoms with van der Waals surface area (Å²) in [7, 11) is -2.19. The molecule has 176 valence electrons. The molecule has 8 nitrogen and oxygen atoms in total. The van der Waals surface area contributed by atoms with Crippen LogP contribution in [0.25, 0.3) is 11.0 Å². The topological polar surface area (TPSA) is 98.1 Å². The second kappa shape index (κ2) is 9.96. The van der Waals surface area contributed by atoms with Crippen molar-refractivity contribution in [2.75, 3.05) is 30.8 Å². The van der Waals surface area contributed by atoms with Crippen LogP contribution in [-0.2, 0) is 16.4 Å². The molecule has 2 heterocycles. The summed E-state index contributed by atoms with van der Waals surface area (Å²) < 4.78 is 33.1. The predicted molar refractivity (Wildman–Crippen MR) is 135 cm³/mol. The van der Waals surface area contributed by atoms with Gasteiger partial charge in [-0.1, -0.05) is 35.9 Å². The van der Waals surface area contributed by atoms with E-state index >= 15 is 0 Å². The van der Waals surface area contributed by atoms with Crippen molar-refractivity contribution in [1.29, 1.82) is 0 Å². The Balaban J connectivity index is 1.66. The lowest BCUT2D eigenvalue weighted by Gasteiger charge is -2.12. The molecular formula is C25H27N5O3S. The molecule has 0 radical (unpaired) electrons. The summed E-state index contributed by atoms with van der Waals surface area (Å²) in [5.41, 5.74) is 2.43. The second-order valence-electron chi connectivity index (χ2n) is 7.76. The first-order valence-corrected chi connectivity index (χ1v) is 12.3. The van der Waals surface area contributed by atoms with Gasteiger partial charge in [-0.3, -0.25) is 0 Å². The van der Waals surface area contributed by atoms with Gasteiger partial charge in [-0.2, -0.15) is 9.97 Å². The highest BCUT2D eigenvalue weighted by atomic mass is 32.2. The number of aryl methyl sites for hydroxylation is 1. The number of anilines is 2. The van der Waals surface area contributed by atoms with Crippen molar-refractivity contribution in [1.82, 2.24) is 13.9 Å². The van der Waals surface area contributed by atoms with Crippen LogP contribution in [0.5, 0.6) is 5.75 Å². The van der Waals surface area contributed by atoms with Crippen LogP contribution in [0.1, 0.15) is 11.1 Å². The number of rotatable bonds is 10. The summed E-state index contributed by atoms with van der Waals surface area (Å²) in [6, 6.07) is 16.3. The number of nitrogens with zero attached hydrogens (tertiary/aromatic N) is 3. The molecule has 0 bridgehead atoms. The average molecular weight is 478 g/mol. The quantitative estimate of drug-likeness (QED) is 0.330. The van der Waals surface area contributed by atoms with E-state index in [1.807, 2.05) is 31.2 Å². The Kier molecular flexibility index (Phi) is 6.83. The van der Waals surface area contributed by atoms with Crippen molar-refractivity contribution in [2.45, 2.75) is 18.2 Å². The van der Waals surface area contributed by atoms with Gasteiger partial charge in [0.05, 0.1) is 17.4 Å². The summed E-state index contributed by atoms with van der Waals surface area (Å²) in [6.45, 7) is 6.67. The summed E-state index contributed by atoms with van der Waals surface area (Å²) in [5, 5.41) is 7.02. The Hall–Kier alpha value is -3.85. The summed E-state index contributed by atoms with van der Waals surface area (Å²) >= 11 is 0. The maximum atomic E-state index is 13.3. The van der Waals surface area contributed by atoms with Crippen molar-refractivity contribution < 1.29 is 13.2 Å². The van der Waals surface area contributed by atoms with Crippen molar-refractivity contribution in [3.8, 4) is 5.75 Å². The number of methoxy groups -OCH3 is 1. The zero-order valence-electron chi connectivity index (χ0n) is 19.2. The Labute approximate surface area is 199 Å². The lowest BCUT2D eigenvalue weighted by Crippen LogP contribution is -2.14. The lowest BCUT2D eigenvalue weighted by atomic mass is 10.1. The van der Waals surface area contributed by atoms with Gasteiger partial charge in [-0.05, 0) is 49.2 Å². The Bertz CT molecular complexity index is 1400. The minimum atomic E-state index is -3.82. The fourth-order valence-corrected chi connectivity index (χ4v) is 4.80. The van der Waals surface area contributed by atoms with Gasteiger partial charge in [-0.15, -0.1) is 6.58 Å². The molecule has 0 atom stereocenters. The number of benzene rings is 2. The summed E-state index contributed by atoms with van der Waals surface area (Å²) in [4.78, 5) is 9.25. The third-order valence-corrected chi connectivity index (χ3v) is 7.04. The molecule has 4 rings (SSSR count). The van der Waals surface area contributed by atoms with Gasteiger partial charge in [-0.25, -0.2) is 12.4 Å². The number of aromatic nitrogens is 3. The molecule has 0 unspecified atom stereocenters.